The minimum absolute atomic E-state index is 0.0950. The van der Waals surface area contributed by atoms with Gasteiger partial charge in [0, 0.05) is 16.2 Å². The highest BCUT2D eigenvalue weighted by Crippen LogP contribution is 2.33. The van der Waals surface area contributed by atoms with Crippen LogP contribution in [0.3, 0.4) is 0 Å². The Morgan fingerprint density at radius 3 is 2.79 bits per heavy atom. The lowest BCUT2D eigenvalue weighted by Gasteiger charge is -2.06. The number of nitrogens with one attached hydrogen (secondary N) is 2. The number of halogens is 1. The molecule has 0 aliphatic heterocycles. The van der Waals surface area contributed by atoms with Crippen LogP contribution < -0.4 is 4.74 Å². The standard InChI is InChI=1S/C22H18BrN3O2/c1-28-22-13-19(23)16(11-21(22)27)5-7-18-12-17(25-26-18)6-3-14-2-4-15-8-9-24-20(15)10-14/h2-13,24,27H,1H3,(H,25,26)/b6-3+,7-5+. The number of phenols is 1. The second-order valence-electron chi connectivity index (χ2n) is 6.28. The summed E-state index contributed by atoms with van der Waals surface area (Å²) in [6.45, 7) is 0. The number of rotatable bonds is 5. The van der Waals surface area contributed by atoms with Gasteiger partial charge in [-0.3, -0.25) is 5.10 Å². The Hall–Kier alpha value is -3.25. The van der Waals surface area contributed by atoms with Gasteiger partial charge in [-0.1, -0.05) is 40.2 Å². The number of H-pyrrole nitrogens is 2. The molecule has 0 radical (unpaired) electrons. The lowest BCUT2D eigenvalue weighted by Crippen LogP contribution is -1.85. The average Bonchev–Trinajstić information content (AvgIpc) is 3.35. The summed E-state index contributed by atoms with van der Waals surface area (Å²) in [5, 5.41) is 18.4. The first-order chi connectivity index (χ1) is 13.6. The number of ether oxygens (including phenoxy) is 1. The Balaban J connectivity index is 1.49. The molecule has 0 saturated carbocycles. The molecule has 2 aromatic carbocycles. The maximum Gasteiger partial charge on any atom is 0.161 e. The van der Waals surface area contributed by atoms with Gasteiger partial charge in [-0.15, -0.1) is 0 Å². The van der Waals surface area contributed by atoms with Crippen molar-refractivity contribution in [3.05, 3.63) is 75.6 Å². The van der Waals surface area contributed by atoms with Crippen LogP contribution >= 0.6 is 15.9 Å². The van der Waals surface area contributed by atoms with Crippen LogP contribution in [0.5, 0.6) is 11.5 Å². The largest absolute Gasteiger partial charge is 0.504 e. The fourth-order valence-electron chi connectivity index (χ4n) is 2.90. The number of nitrogens with zero attached hydrogens (tertiary/aromatic N) is 1. The van der Waals surface area contributed by atoms with E-state index in [1.165, 1.54) is 12.5 Å². The van der Waals surface area contributed by atoms with Gasteiger partial charge >= 0.3 is 0 Å². The highest BCUT2D eigenvalue weighted by Gasteiger charge is 2.06. The number of methoxy groups -OCH3 is 1. The van der Waals surface area contributed by atoms with E-state index in [0.717, 1.165) is 32.5 Å². The van der Waals surface area contributed by atoms with Crippen LogP contribution in [0.25, 0.3) is 35.2 Å². The number of aromatic nitrogens is 3. The number of aromatic hydroxyl groups is 1. The van der Waals surface area contributed by atoms with E-state index in [4.69, 9.17) is 4.74 Å². The quantitative estimate of drug-likeness (QED) is 0.375. The van der Waals surface area contributed by atoms with Gasteiger partial charge < -0.3 is 14.8 Å². The molecule has 0 unspecified atom stereocenters. The van der Waals surface area contributed by atoms with Crippen molar-refractivity contribution in [3.8, 4) is 11.5 Å². The van der Waals surface area contributed by atoms with Crippen molar-refractivity contribution in [2.45, 2.75) is 0 Å². The lowest BCUT2D eigenvalue weighted by atomic mass is 10.1. The van der Waals surface area contributed by atoms with Gasteiger partial charge in [-0.2, -0.15) is 5.10 Å². The summed E-state index contributed by atoms with van der Waals surface area (Å²) in [5.41, 5.74) is 4.75. The molecule has 2 aromatic heterocycles. The van der Waals surface area contributed by atoms with Crippen LogP contribution in [-0.2, 0) is 0 Å². The molecule has 0 saturated heterocycles. The van der Waals surface area contributed by atoms with Crippen molar-refractivity contribution in [2.75, 3.05) is 7.11 Å². The van der Waals surface area contributed by atoms with E-state index < -0.39 is 0 Å². The van der Waals surface area contributed by atoms with E-state index in [2.05, 4.69) is 55.4 Å². The molecule has 3 N–H and O–H groups in total. The molecule has 0 amide bonds. The Kier molecular flexibility index (Phi) is 5.04. The van der Waals surface area contributed by atoms with Crippen molar-refractivity contribution in [3.63, 3.8) is 0 Å². The molecule has 4 rings (SSSR count). The van der Waals surface area contributed by atoms with Crippen molar-refractivity contribution < 1.29 is 9.84 Å². The Labute approximate surface area is 170 Å². The third-order valence-electron chi connectivity index (χ3n) is 4.38. The van der Waals surface area contributed by atoms with Gasteiger partial charge in [0.1, 0.15) is 0 Å². The number of benzene rings is 2. The first-order valence-corrected chi connectivity index (χ1v) is 9.47. The van der Waals surface area contributed by atoms with Crippen molar-refractivity contribution in [1.29, 1.82) is 0 Å². The Morgan fingerprint density at radius 1 is 1.04 bits per heavy atom. The molecule has 0 fully saturated rings. The van der Waals surface area contributed by atoms with Crippen LogP contribution in [0, 0.1) is 0 Å². The summed E-state index contributed by atoms with van der Waals surface area (Å²) in [7, 11) is 1.52. The summed E-state index contributed by atoms with van der Waals surface area (Å²) in [6.07, 6.45) is 9.73. The number of hydrogen-bond acceptors (Lipinski definition) is 3. The molecule has 5 nitrogen and oxygen atoms in total. The fraction of sp³-hybridized carbons (Fsp3) is 0.0455. The predicted molar refractivity (Wildman–Crippen MR) is 117 cm³/mol. The second-order valence-corrected chi connectivity index (χ2v) is 7.14. The summed E-state index contributed by atoms with van der Waals surface area (Å²) >= 11 is 3.48. The Morgan fingerprint density at radius 2 is 1.93 bits per heavy atom. The van der Waals surface area contributed by atoms with E-state index in [-0.39, 0.29) is 5.75 Å². The molecule has 0 bridgehead atoms. The maximum absolute atomic E-state index is 9.94. The molecular formula is C22H18BrN3O2. The van der Waals surface area contributed by atoms with Crippen molar-refractivity contribution in [2.24, 2.45) is 0 Å². The van der Waals surface area contributed by atoms with Crippen LogP contribution in [0.2, 0.25) is 0 Å². The number of hydrogen-bond donors (Lipinski definition) is 3. The fourth-order valence-corrected chi connectivity index (χ4v) is 3.36. The monoisotopic (exact) mass is 435 g/mol. The molecule has 28 heavy (non-hydrogen) atoms. The average molecular weight is 436 g/mol. The van der Waals surface area contributed by atoms with E-state index in [9.17, 15) is 5.11 Å². The zero-order valence-corrected chi connectivity index (χ0v) is 16.7. The Bertz CT molecular complexity index is 1190. The van der Waals surface area contributed by atoms with E-state index >= 15 is 0 Å². The minimum Gasteiger partial charge on any atom is -0.504 e. The molecule has 2 heterocycles. The molecule has 0 aliphatic rings. The molecular weight excluding hydrogens is 418 g/mol. The van der Waals surface area contributed by atoms with Gasteiger partial charge in [-0.25, -0.2) is 0 Å². The second kappa shape index (κ2) is 7.78. The third kappa shape index (κ3) is 3.87. The first kappa shape index (κ1) is 18.1. The zero-order chi connectivity index (χ0) is 19.5. The van der Waals surface area contributed by atoms with Crippen LogP contribution in [0.1, 0.15) is 22.5 Å². The van der Waals surface area contributed by atoms with Gasteiger partial charge in [0.15, 0.2) is 11.5 Å². The SMILES string of the molecule is COc1cc(Br)c(/C=C/c2cc(/C=C/c3ccc4cc[nH]c4c3)n[nH]2)cc1O. The van der Waals surface area contributed by atoms with Gasteiger partial charge in [0.05, 0.1) is 18.5 Å². The van der Waals surface area contributed by atoms with Crippen molar-refractivity contribution in [1.82, 2.24) is 15.2 Å². The molecule has 6 heteroatoms. The van der Waals surface area contributed by atoms with Crippen LogP contribution in [0.15, 0.2) is 53.1 Å². The van der Waals surface area contributed by atoms with Crippen LogP contribution in [-0.4, -0.2) is 27.4 Å². The highest BCUT2D eigenvalue weighted by molar-refractivity contribution is 9.10. The van der Waals surface area contributed by atoms with Gasteiger partial charge in [0.2, 0.25) is 0 Å². The van der Waals surface area contributed by atoms with Crippen molar-refractivity contribution >= 4 is 51.1 Å². The summed E-state index contributed by atoms with van der Waals surface area (Å²) in [6, 6.07) is 13.7. The number of fused-ring (bicyclic) bond motifs is 1. The number of aromatic amines is 2. The third-order valence-corrected chi connectivity index (χ3v) is 5.07. The van der Waals surface area contributed by atoms with E-state index in [1.807, 2.05) is 36.6 Å². The zero-order valence-electron chi connectivity index (χ0n) is 15.1. The number of phenolic OH excluding ortho intramolecular Hbond substituents is 1. The topological polar surface area (TPSA) is 73.9 Å². The minimum atomic E-state index is 0.0950. The summed E-state index contributed by atoms with van der Waals surface area (Å²) in [5.74, 6) is 0.521. The van der Waals surface area contributed by atoms with E-state index in [0.29, 0.717) is 5.75 Å². The summed E-state index contributed by atoms with van der Waals surface area (Å²) in [4.78, 5) is 3.22. The molecule has 0 aliphatic carbocycles. The van der Waals surface area contributed by atoms with Gasteiger partial charge in [-0.05, 0) is 59.0 Å². The smallest absolute Gasteiger partial charge is 0.161 e. The first-order valence-electron chi connectivity index (χ1n) is 8.67. The van der Waals surface area contributed by atoms with E-state index in [1.54, 1.807) is 12.1 Å². The molecule has 0 spiro atoms. The highest BCUT2D eigenvalue weighted by atomic mass is 79.9. The van der Waals surface area contributed by atoms with Gasteiger partial charge in [0.25, 0.3) is 0 Å². The predicted octanol–water partition coefficient (Wildman–Crippen LogP) is 5.71. The maximum atomic E-state index is 9.94. The lowest BCUT2D eigenvalue weighted by molar-refractivity contribution is 0.373. The van der Waals surface area contributed by atoms with Crippen LogP contribution in [0.4, 0.5) is 0 Å². The molecule has 0 atom stereocenters. The molecule has 4 aromatic rings. The molecule has 140 valence electrons. The summed E-state index contributed by atoms with van der Waals surface area (Å²) < 4.78 is 5.93. The normalized spacial score (nSPS) is 11.8.